The number of benzene rings is 2. The number of H-pyrrole nitrogens is 1. The van der Waals surface area contributed by atoms with Crippen molar-refractivity contribution >= 4 is 29.5 Å². The SMILES string of the molecule is Cc1n[nH]c(=S)n1NC(=O)COc1ccc(Nc2ccccc2)cc1. The van der Waals surface area contributed by atoms with Gasteiger partial charge < -0.3 is 10.1 Å². The predicted octanol–water partition coefficient (Wildman–Crippen LogP) is 3.14. The van der Waals surface area contributed by atoms with Gasteiger partial charge in [0.1, 0.15) is 11.6 Å². The van der Waals surface area contributed by atoms with Crippen LogP contribution in [0, 0.1) is 11.7 Å². The number of ether oxygens (including phenoxy) is 1. The minimum absolute atomic E-state index is 0.127. The molecule has 0 atom stereocenters. The van der Waals surface area contributed by atoms with E-state index in [4.69, 9.17) is 17.0 Å². The Balaban J connectivity index is 1.53. The molecule has 0 unspecified atom stereocenters. The number of carbonyl (C=O) groups is 1. The summed E-state index contributed by atoms with van der Waals surface area (Å²) in [4.78, 5) is 11.9. The van der Waals surface area contributed by atoms with Gasteiger partial charge in [-0.3, -0.25) is 15.3 Å². The molecular weight excluding hydrogens is 338 g/mol. The van der Waals surface area contributed by atoms with Gasteiger partial charge in [-0.05, 0) is 55.5 Å². The summed E-state index contributed by atoms with van der Waals surface area (Å²) < 4.78 is 7.20. The number of aromatic amines is 1. The van der Waals surface area contributed by atoms with Crippen LogP contribution in [0.1, 0.15) is 5.82 Å². The maximum atomic E-state index is 11.9. The number of nitrogens with one attached hydrogen (secondary N) is 3. The molecule has 0 aliphatic heterocycles. The van der Waals surface area contributed by atoms with Crippen LogP contribution in [0.3, 0.4) is 0 Å². The number of nitrogens with zero attached hydrogens (tertiary/aromatic N) is 2. The normalized spacial score (nSPS) is 10.3. The third-order valence-electron chi connectivity index (χ3n) is 3.36. The predicted molar refractivity (Wildman–Crippen MR) is 98.2 cm³/mol. The van der Waals surface area contributed by atoms with E-state index in [1.165, 1.54) is 4.68 Å². The maximum absolute atomic E-state index is 11.9. The van der Waals surface area contributed by atoms with Gasteiger partial charge in [0.15, 0.2) is 6.61 Å². The van der Waals surface area contributed by atoms with E-state index < -0.39 is 0 Å². The van der Waals surface area contributed by atoms with Gasteiger partial charge in [-0.25, -0.2) is 4.68 Å². The van der Waals surface area contributed by atoms with Crippen molar-refractivity contribution < 1.29 is 9.53 Å². The van der Waals surface area contributed by atoms with Gasteiger partial charge in [-0.15, -0.1) is 0 Å². The molecule has 7 nitrogen and oxygen atoms in total. The summed E-state index contributed by atoms with van der Waals surface area (Å²) in [6, 6.07) is 17.2. The topological polar surface area (TPSA) is 84.0 Å². The van der Waals surface area contributed by atoms with Gasteiger partial charge in [0.25, 0.3) is 5.91 Å². The zero-order chi connectivity index (χ0) is 17.6. The molecular formula is C17H17N5O2S. The van der Waals surface area contributed by atoms with Gasteiger partial charge in [-0.1, -0.05) is 18.2 Å². The Kier molecular flexibility index (Phi) is 5.10. The lowest BCUT2D eigenvalue weighted by atomic mass is 10.2. The fourth-order valence-corrected chi connectivity index (χ4v) is 2.36. The lowest BCUT2D eigenvalue weighted by Crippen LogP contribution is -2.28. The lowest BCUT2D eigenvalue weighted by molar-refractivity contribution is -0.119. The number of rotatable bonds is 6. The van der Waals surface area contributed by atoms with Gasteiger partial charge in [0.2, 0.25) is 4.77 Å². The molecule has 3 rings (SSSR count). The molecule has 0 aliphatic carbocycles. The molecule has 128 valence electrons. The monoisotopic (exact) mass is 355 g/mol. The first kappa shape index (κ1) is 16.7. The summed E-state index contributed by atoms with van der Waals surface area (Å²) in [6.07, 6.45) is 0. The van der Waals surface area contributed by atoms with Crippen LogP contribution in [0.5, 0.6) is 5.75 Å². The average Bonchev–Trinajstić information content (AvgIpc) is 2.94. The molecule has 0 aliphatic rings. The summed E-state index contributed by atoms with van der Waals surface area (Å²) in [6.45, 7) is 1.60. The molecule has 2 aromatic carbocycles. The molecule has 0 radical (unpaired) electrons. The summed E-state index contributed by atoms with van der Waals surface area (Å²) in [5.41, 5.74) is 4.55. The van der Waals surface area contributed by atoms with Crippen LogP contribution in [-0.4, -0.2) is 27.4 Å². The van der Waals surface area contributed by atoms with Gasteiger partial charge in [0.05, 0.1) is 0 Å². The third-order valence-corrected chi connectivity index (χ3v) is 3.64. The number of aryl methyl sites for hydroxylation is 1. The third kappa shape index (κ3) is 4.45. The Morgan fingerprint density at radius 1 is 1.16 bits per heavy atom. The summed E-state index contributed by atoms with van der Waals surface area (Å²) >= 11 is 5.02. The van der Waals surface area contributed by atoms with E-state index in [-0.39, 0.29) is 12.5 Å². The number of amides is 1. The number of para-hydroxylation sites is 1. The van der Waals surface area contributed by atoms with Crippen molar-refractivity contribution in [3.8, 4) is 5.75 Å². The molecule has 0 saturated heterocycles. The Morgan fingerprint density at radius 3 is 2.48 bits per heavy atom. The first-order chi connectivity index (χ1) is 12.1. The van der Waals surface area contributed by atoms with Gasteiger partial charge in [0, 0.05) is 11.4 Å². The number of carbonyl (C=O) groups excluding carboxylic acids is 1. The Bertz CT molecular complexity index is 903. The molecule has 1 amide bonds. The second-order valence-electron chi connectivity index (χ2n) is 5.25. The molecule has 8 heteroatoms. The van der Waals surface area contributed by atoms with Crippen molar-refractivity contribution in [3.63, 3.8) is 0 Å². The molecule has 3 aromatic rings. The van der Waals surface area contributed by atoms with Crippen LogP contribution < -0.4 is 15.5 Å². The standard InChI is InChI=1S/C17H17N5O2S/c1-12-19-20-17(25)22(12)21-16(23)11-24-15-9-7-14(8-10-15)18-13-5-3-2-4-6-13/h2-10,18H,11H2,1H3,(H,20,25)(H,21,23). The lowest BCUT2D eigenvalue weighted by Gasteiger charge is -2.10. The molecule has 0 saturated carbocycles. The molecule has 1 heterocycles. The molecule has 1 aromatic heterocycles. The van der Waals surface area contributed by atoms with E-state index in [0.29, 0.717) is 16.3 Å². The van der Waals surface area contributed by atoms with Gasteiger partial charge in [-0.2, -0.15) is 5.10 Å². The summed E-state index contributed by atoms with van der Waals surface area (Å²) in [5.74, 6) is 0.836. The second kappa shape index (κ2) is 7.63. The summed E-state index contributed by atoms with van der Waals surface area (Å²) in [7, 11) is 0. The van der Waals surface area contributed by atoms with Crippen molar-refractivity contribution in [2.24, 2.45) is 0 Å². The quantitative estimate of drug-likeness (QED) is 0.592. The maximum Gasteiger partial charge on any atom is 0.276 e. The van der Waals surface area contributed by atoms with E-state index in [1.54, 1.807) is 19.1 Å². The van der Waals surface area contributed by atoms with Crippen molar-refractivity contribution in [1.82, 2.24) is 14.9 Å². The molecule has 25 heavy (non-hydrogen) atoms. The van der Waals surface area contributed by atoms with E-state index in [2.05, 4.69) is 20.9 Å². The second-order valence-corrected chi connectivity index (χ2v) is 5.64. The Morgan fingerprint density at radius 2 is 1.84 bits per heavy atom. The first-order valence-corrected chi connectivity index (χ1v) is 8.01. The van der Waals surface area contributed by atoms with E-state index in [0.717, 1.165) is 11.4 Å². The number of hydrogen-bond acceptors (Lipinski definition) is 5. The molecule has 0 bridgehead atoms. The first-order valence-electron chi connectivity index (χ1n) is 7.60. The molecule has 0 fully saturated rings. The fourth-order valence-electron chi connectivity index (χ4n) is 2.14. The van der Waals surface area contributed by atoms with Gasteiger partial charge >= 0.3 is 0 Å². The van der Waals surface area contributed by atoms with Crippen LogP contribution in [0.25, 0.3) is 0 Å². The van der Waals surface area contributed by atoms with Crippen LogP contribution >= 0.6 is 12.2 Å². The average molecular weight is 355 g/mol. The highest BCUT2D eigenvalue weighted by molar-refractivity contribution is 7.71. The zero-order valence-electron chi connectivity index (χ0n) is 13.5. The highest BCUT2D eigenvalue weighted by Gasteiger charge is 2.07. The number of hydrogen-bond donors (Lipinski definition) is 3. The van der Waals surface area contributed by atoms with Crippen LogP contribution in [0.4, 0.5) is 11.4 Å². The van der Waals surface area contributed by atoms with E-state index in [9.17, 15) is 4.79 Å². The van der Waals surface area contributed by atoms with Crippen molar-refractivity contribution in [2.75, 3.05) is 17.3 Å². The zero-order valence-corrected chi connectivity index (χ0v) is 14.3. The number of anilines is 2. The van der Waals surface area contributed by atoms with Crippen molar-refractivity contribution in [3.05, 3.63) is 65.2 Å². The fraction of sp³-hybridized carbons (Fsp3) is 0.118. The van der Waals surface area contributed by atoms with Crippen molar-refractivity contribution in [2.45, 2.75) is 6.92 Å². The Hall–Kier alpha value is -3.13. The highest BCUT2D eigenvalue weighted by Crippen LogP contribution is 2.19. The minimum Gasteiger partial charge on any atom is -0.484 e. The van der Waals surface area contributed by atoms with E-state index >= 15 is 0 Å². The minimum atomic E-state index is -0.327. The van der Waals surface area contributed by atoms with Crippen LogP contribution in [0.2, 0.25) is 0 Å². The Labute approximate surface area is 149 Å². The van der Waals surface area contributed by atoms with Crippen LogP contribution in [0.15, 0.2) is 54.6 Å². The van der Waals surface area contributed by atoms with Crippen molar-refractivity contribution in [1.29, 1.82) is 0 Å². The smallest absolute Gasteiger partial charge is 0.276 e. The van der Waals surface area contributed by atoms with Crippen LogP contribution in [-0.2, 0) is 4.79 Å². The number of aromatic nitrogens is 3. The molecule has 3 N–H and O–H groups in total. The largest absolute Gasteiger partial charge is 0.484 e. The molecule has 0 spiro atoms. The summed E-state index contributed by atoms with van der Waals surface area (Å²) in [5, 5.41) is 9.79. The van der Waals surface area contributed by atoms with E-state index in [1.807, 2.05) is 42.5 Å². The highest BCUT2D eigenvalue weighted by atomic mass is 32.1.